The van der Waals surface area contributed by atoms with Crippen molar-refractivity contribution >= 4 is 74.1 Å². The summed E-state index contributed by atoms with van der Waals surface area (Å²) in [6.07, 6.45) is 5.54. The van der Waals surface area contributed by atoms with Crippen molar-refractivity contribution in [1.29, 1.82) is 5.26 Å². The number of anilines is 3. The lowest BCUT2D eigenvalue weighted by Crippen LogP contribution is -2.46. The van der Waals surface area contributed by atoms with Crippen LogP contribution in [0.15, 0.2) is 53.6 Å². The van der Waals surface area contributed by atoms with Crippen molar-refractivity contribution in [2.75, 3.05) is 23.7 Å². The quantitative estimate of drug-likeness (QED) is 0.178. The van der Waals surface area contributed by atoms with Crippen molar-refractivity contribution < 1.29 is 0 Å². The molecule has 1 atom stereocenters. The Kier molecular flexibility index (Phi) is 8.68. The number of rotatable bonds is 7. The lowest BCUT2D eigenvalue weighted by Gasteiger charge is -2.40. The second-order valence-corrected chi connectivity index (χ2v) is 13.7. The third-order valence-electron chi connectivity index (χ3n) is 7.90. The van der Waals surface area contributed by atoms with Crippen LogP contribution in [0.2, 0.25) is 15.1 Å². The normalized spacial score (nSPS) is 15.3. The lowest BCUT2D eigenvalue weighted by atomic mass is 9.98. The molecule has 0 unspecified atom stereocenters. The van der Waals surface area contributed by atoms with E-state index < -0.39 is 0 Å². The topological polar surface area (TPSA) is 108 Å². The molecule has 1 fully saturated rings. The number of halogens is 3. The van der Waals surface area contributed by atoms with Crippen LogP contribution in [0.1, 0.15) is 62.6 Å². The number of piperidine rings is 1. The average Bonchev–Trinajstić information content (AvgIpc) is 3.71. The van der Waals surface area contributed by atoms with Crippen LogP contribution in [0.25, 0.3) is 10.9 Å². The SMILES string of the molecule is CC(C)(C)N1CCC(n2cc([C@@H](Nc3cc(Cl)c4ncc(C#N)c(Nc5ccc(Cl)c(Cl)c5)c4c3)c3cscn3)nn2)CC1. The van der Waals surface area contributed by atoms with Crippen LogP contribution in [-0.4, -0.2) is 48.5 Å². The smallest absolute Gasteiger partial charge is 0.116 e. The summed E-state index contributed by atoms with van der Waals surface area (Å²) in [6.45, 7) is 8.81. The van der Waals surface area contributed by atoms with Crippen LogP contribution in [0, 0.1) is 11.3 Å². The van der Waals surface area contributed by atoms with Gasteiger partial charge in [0, 0.05) is 47.0 Å². The lowest BCUT2D eigenvalue weighted by molar-refractivity contribution is 0.0866. The maximum atomic E-state index is 9.92. The molecule has 226 valence electrons. The molecule has 0 aliphatic carbocycles. The van der Waals surface area contributed by atoms with E-state index in [9.17, 15) is 5.26 Å². The van der Waals surface area contributed by atoms with Gasteiger partial charge in [-0.2, -0.15) is 5.26 Å². The Bertz CT molecular complexity index is 1830. The molecule has 44 heavy (non-hydrogen) atoms. The number of nitrogens with one attached hydrogen (secondary N) is 2. The zero-order valence-electron chi connectivity index (χ0n) is 24.4. The summed E-state index contributed by atoms with van der Waals surface area (Å²) in [6, 6.07) is 11.1. The molecular weight excluding hydrogens is 637 g/mol. The van der Waals surface area contributed by atoms with Crippen molar-refractivity contribution in [3.8, 4) is 6.07 Å². The monoisotopic (exact) mass is 665 g/mol. The molecule has 6 rings (SSSR count). The van der Waals surface area contributed by atoms with Crippen LogP contribution in [-0.2, 0) is 0 Å². The van der Waals surface area contributed by atoms with E-state index >= 15 is 0 Å². The summed E-state index contributed by atoms with van der Waals surface area (Å²) in [7, 11) is 0. The minimum absolute atomic E-state index is 0.153. The van der Waals surface area contributed by atoms with E-state index in [0.29, 0.717) is 48.6 Å². The van der Waals surface area contributed by atoms with Crippen molar-refractivity contribution in [2.24, 2.45) is 0 Å². The third-order valence-corrected chi connectivity index (χ3v) is 9.54. The molecule has 5 aromatic rings. The number of benzene rings is 2. The first-order valence-electron chi connectivity index (χ1n) is 14.2. The summed E-state index contributed by atoms with van der Waals surface area (Å²) < 4.78 is 1.99. The molecule has 0 saturated carbocycles. The molecule has 1 aliphatic rings. The van der Waals surface area contributed by atoms with E-state index in [-0.39, 0.29) is 17.6 Å². The molecule has 0 amide bonds. The Labute approximate surface area is 274 Å². The molecule has 13 heteroatoms. The van der Waals surface area contributed by atoms with Crippen molar-refractivity contribution in [3.63, 3.8) is 0 Å². The minimum atomic E-state index is -0.378. The molecule has 4 heterocycles. The van der Waals surface area contributed by atoms with E-state index in [1.165, 1.54) is 17.5 Å². The molecule has 1 aliphatic heterocycles. The van der Waals surface area contributed by atoms with Crippen LogP contribution in [0.5, 0.6) is 0 Å². The molecule has 2 N–H and O–H groups in total. The third kappa shape index (κ3) is 6.34. The Morgan fingerprint density at radius 3 is 2.45 bits per heavy atom. The van der Waals surface area contributed by atoms with Gasteiger partial charge in [-0.3, -0.25) is 9.88 Å². The van der Waals surface area contributed by atoms with Gasteiger partial charge in [-0.05, 0) is 63.9 Å². The minimum Gasteiger partial charge on any atom is -0.371 e. The largest absolute Gasteiger partial charge is 0.371 e. The summed E-state index contributed by atoms with van der Waals surface area (Å²) in [4.78, 5) is 11.6. The fourth-order valence-electron chi connectivity index (χ4n) is 5.51. The van der Waals surface area contributed by atoms with Crippen LogP contribution in [0.3, 0.4) is 0 Å². The summed E-state index contributed by atoms with van der Waals surface area (Å²) in [5.74, 6) is 0. The van der Waals surface area contributed by atoms with Crippen LogP contribution >= 0.6 is 46.1 Å². The highest BCUT2D eigenvalue weighted by molar-refractivity contribution is 7.07. The maximum absolute atomic E-state index is 9.92. The molecule has 3 aromatic heterocycles. The number of pyridine rings is 1. The van der Waals surface area contributed by atoms with Gasteiger partial charge < -0.3 is 10.6 Å². The van der Waals surface area contributed by atoms with E-state index in [0.717, 1.165) is 37.3 Å². The molecule has 2 aromatic carbocycles. The Hall–Kier alpha value is -3.46. The van der Waals surface area contributed by atoms with Gasteiger partial charge in [0.1, 0.15) is 17.8 Å². The molecule has 0 bridgehead atoms. The highest BCUT2D eigenvalue weighted by Gasteiger charge is 2.29. The van der Waals surface area contributed by atoms with Gasteiger partial charge >= 0.3 is 0 Å². The molecular formula is C31H30Cl3N9S. The first-order chi connectivity index (χ1) is 21.1. The van der Waals surface area contributed by atoms with Gasteiger partial charge in [-0.15, -0.1) is 16.4 Å². The van der Waals surface area contributed by atoms with Crippen molar-refractivity contribution in [3.05, 3.63) is 85.6 Å². The van der Waals surface area contributed by atoms with E-state index in [4.69, 9.17) is 34.8 Å². The Morgan fingerprint density at radius 1 is 1.00 bits per heavy atom. The number of thiazole rings is 1. The van der Waals surface area contributed by atoms with Crippen molar-refractivity contribution in [2.45, 2.75) is 51.2 Å². The van der Waals surface area contributed by atoms with Crippen LogP contribution in [0.4, 0.5) is 17.1 Å². The zero-order chi connectivity index (χ0) is 31.0. The van der Waals surface area contributed by atoms with Gasteiger partial charge in [-0.1, -0.05) is 40.0 Å². The average molecular weight is 667 g/mol. The fourth-order valence-corrected chi connectivity index (χ4v) is 6.66. The molecule has 9 nitrogen and oxygen atoms in total. The molecule has 1 saturated heterocycles. The van der Waals surface area contributed by atoms with Gasteiger partial charge in [0.2, 0.25) is 0 Å². The first-order valence-corrected chi connectivity index (χ1v) is 16.2. The number of aromatic nitrogens is 5. The first kappa shape index (κ1) is 30.6. The van der Waals surface area contributed by atoms with E-state index in [2.05, 4.69) is 62.7 Å². The highest BCUT2D eigenvalue weighted by Crippen LogP contribution is 2.38. The molecule has 0 spiro atoms. The number of nitriles is 1. The number of nitrogens with zero attached hydrogens (tertiary/aromatic N) is 7. The Balaban J connectivity index is 1.33. The van der Waals surface area contributed by atoms with Gasteiger partial charge in [0.15, 0.2) is 0 Å². The molecule has 0 radical (unpaired) electrons. The number of hydrogen-bond donors (Lipinski definition) is 2. The van der Waals surface area contributed by atoms with Crippen molar-refractivity contribution in [1.82, 2.24) is 29.9 Å². The van der Waals surface area contributed by atoms with E-state index in [1.807, 2.05) is 28.4 Å². The van der Waals surface area contributed by atoms with Crippen LogP contribution < -0.4 is 10.6 Å². The van der Waals surface area contributed by atoms with Gasteiger partial charge in [-0.25, -0.2) is 9.67 Å². The second-order valence-electron chi connectivity index (χ2n) is 11.8. The zero-order valence-corrected chi connectivity index (χ0v) is 27.4. The maximum Gasteiger partial charge on any atom is 0.116 e. The highest BCUT2D eigenvalue weighted by atomic mass is 35.5. The number of likely N-dealkylation sites (tertiary alicyclic amines) is 1. The van der Waals surface area contributed by atoms with Gasteiger partial charge in [0.05, 0.1) is 55.3 Å². The second kappa shape index (κ2) is 12.5. The van der Waals surface area contributed by atoms with Gasteiger partial charge in [0.25, 0.3) is 0 Å². The summed E-state index contributed by atoms with van der Waals surface area (Å²) in [5.41, 5.74) is 6.36. The summed E-state index contributed by atoms with van der Waals surface area (Å²) >= 11 is 20.7. The predicted molar refractivity (Wildman–Crippen MR) is 178 cm³/mol. The standard InChI is InChI=1S/C31H30Cl3N9S/c1-31(2,3)42-8-6-21(7-9-42)43-15-26(40-41-43)30(27-16-44-17-37-27)39-20-10-22-28(38-19-4-5-23(32)24(33)11-19)18(13-35)14-36-29(22)25(34)12-20/h4-5,10-12,14-17,21,30,39H,6-9H2,1-3H3,(H,36,38)/t30-/m1/s1. The fraction of sp³-hybridized carbons (Fsp3) is 0.323. The number of fused-ring (bicyclic) bond motifs is 1. The van der Waals surface area contributed by atoms with E-state index in [1.54, 1.807) is 23.7 Å². The predicted octanol–water partition coefficient (Wildman–Crippen LogP) is 8.50. The summed E-state index contributed by atoms with van der Waals surface area (Å²) in [5, 5.41) is 29.9. The number of hydrogen-bond acceptors (Lipinski definition) is 9. The Morgan fingerprint density at radius 2 is 1.77 bits per heavy atom.